The van der Waals surface area contributed by atoms with Gasteiger partial charge in [0, 0.05) is 5.88 Å². The van der Waals surface area contributed by atoms with E-state index in [1.165, 1.54) is 0 Å². The summed E-state index contributed by atoms with van der Waals surface area (Å²) in [4.78, 5) is 10.7. The molecule has 0 aliphatic carbocycles. The second kappa shape index (κ2) is 4.28. The van der Waals surface area contributed by atoms with Crippen molar-refractivity contribution in [2.24, 2.45) is 0 Å². The number of halogens is 1. The fraction of sp³-hybridized carbons (Fsp3) is 0.300. The van der Waals surface area contributed by atoms with Gasteiger partial charge < -0.3 is 5.11 Å². The number of benzene rings is 1. The van der Waals surface area contributed by atoms with Crippen LogP contribution in [0.15, 0.2) is 24.3 Å². The predicted molar refractivity (Wildman–Crippen MR) is 52.0 cm³/mol. The van der Waals surface area contributed by atoms with Crippen LogP contribution in [0.2, 0.25) is 0 Å². The van der Waals surface area contributed by atoms with E-state index in [0.717, 1.165) is 11.1 Å². The fourth-order valence-electron chi connectivity index (χ4n) is 1.21. The third kappa shape index (κ3) is 2.22. The molecule has 0 radical (unpaired) electrons. The van der Waals surface area contributed by atoms with Gasteiger partial charge in [-0.2, -0.15) is 0 Å². The van der Waals surface area contributed by atoms with Gasteiger partial charge in [0.05, 0.1) is 5.92 Å². The van der Waals surface area contributed by atoms with Crippen molar-refractivity contribution in [1.82, 2.24) is 0 Å². The van der Waals surface area contributed by atoms with E-state index in [-0.39, 0.29) is 0 Å². The second-order valence-corrected chi connectivity index (χ2v) is 3.16. The maximum Gasteiger partial charge on any atom is 0.310 e. The largest absolute Gasteiger partial charge is 0.481 e. The first-order valence-electron chi connectivity index (χ1n) is 4.03. The zero-order valence-electron chi connectivity index (χ0n) is 7.33. The third-order valence-electron chi connectivity index (χ3n) is 2.04. The highest BCUT2D eigenvalue weighted by atomic mass is 35.5. The maximum atomic E-state index is 10.7. The van der Waals surface area contributed by atoms with E-state index in [1.54, 1.807) is 13.0 Å². The summed E-state index contributed by atoms with van der Waals surface area (Å²) in [5.74, 6) is -0.958. The first kappa shape index (κ1) is 10.1. The molecule has 1 atom stereocenters. The van der Waals surface area contributed by atoms with Crippen molar-refractivity contribution < 1.29 is 9.90 Å². The Hall–Kier alpha value is -1.02. The lowest BCUT2D eigenvalue weighted by Gasteiger charge is -2.10. The van der Waals surface area contributed by atoms with E-state index in [2.05, 4.69) is 0 Å². The van der Waals surface area contributed by atoms with Crippen LogP contribution in [0.1, 0.15) is 24.0 Å². The van der Waals surface area contributed by atoms with Gasteiger partial charge in [-0.3, -0.25) is 4.79 Å². The molecule has 1 rings (SSSR count). The van der Waals surface area contributed by atoms with Gasteiger partial charge in [-0.25, -0.2) is 0 Å². The van der Waals surface area contributed by atoms with E-state index in [1.807, 2.05) is 18.2 Å². The van der Waals surface area contributed by atoms with E-state index in [4.69, 9.17) is 16.7 Å². The van der Waals surface area contributed by atoms with Crippen molar-refractivity contribution in [3.05, 3.63) is 35.4 Å². The number of aliphatic carboxylic acids is 1. The molecular weight excluding hydrogens is 188 g/mol. The molecule has 0 bridgehead atoms. The van der Waals surface area contributed by atoms with Gasteiger partial charge in [-0.15, -0.1) is 11.6 Å². The Balaban J connectivity index is 3.05. The van der Waals surface area contributed by atoms with Crippen molar-refractivity contribution >= 4 is 17.6 Å². The number of hydrogen-bond acceptors (Lipinski definition) is 1. The molecule has 0 saturated heterocycles. The molecule has 3 heteroatoms. The second-order valence-electron chi connectivity index (χ2n) is 2.89. The highest BCUT2D eigenvalue weighted by Crippen LogP contribution is 2.21. The van der Waals surface area contributed by atoms with Crippen LogP contribution in [0.5, 0.6) is 0 Å². The number of rotatable bonds is 3. The van der Waals surface area contributed by atoms with Gasteiger partial charge >= 0.3 is 5.97 Å². The molecule has 2 nitrogen and oxygen atoms in total. The molecule has 0 aliphatic heterocycles. The van der Waals surface area contributed by atoms with Crippen LogP contribution in [0, 0.1) is 0 Å². The summed E-state index contributed by atoms with van der Waals surface area (Å²) in [7, 11) is 0. The fourth-order valence-corrected chi connectivity index (χ4v) is 1.45. The zero-order chi connectivity index (χ0) is 9.84. The summed E-state index contributed by atoms with van der Waals surface area (Å²) in [6.07, 6.45) is 0. The Morgan fingerprint density at radius 3 is 2.69 bits per heavy atom. The van der Waals surface area contributed by atoms with Gasteiger partial charge in [-0.1, -0.05) is 24.3 Å². The van der Waals surface area contributed by atoms with Crippen molar-refractivity contribution in [2.75, 3.05) is 0 Å². The lowest BCUT2D eigenvalue weighted by molar-refractivity contribution is -0.138. The maximum absolute atomic E-state index is 10.7. The number of carboxylic acid groups (broad SMARTS) is 1. The normalized spacial score (nSPS) is 12.5. The quantitative estimate of drug-likeness (QED) is 0.759. The van der Waals surface area contributed by atoms with Gasteiger partial charge in [0.25, 0.3) is 0 Å². The number of alkyl halides is 1. The molecule has 0 heterocycles. The summed E-state index contributed by atoms with van der Waals surface area (Å²) in [5, 5.41) is 8.81. The highest BCUT2D eigenvalue weighted by Gasteiger charge is 2.15. The predicted octanol–water partition coefficient (Wildman–Crippen LogP) is 2.61. The lowest BCUT2D eigenvalue weighted by Crippen LogP contribution is -2.09. The van der Waals surface area contributed by atoms with Gasteiger partial charge in [0.1, 0.15) is 0 Å². The SMILES string of the molecule is C[C@H](C(=O)O)c1ccccc1CCl. The molecule has 0 aliphatic rings. The average molecular weight is 199 g/mol. The molecule has 13 heavy (non-hydrogen) atoms. The Morgan fingerprint density at radius 1 is 1.54 bits per heavy atom. The molecule has 0 aromatic heterocycles. The summed E-state index contributed by atoms with van der Waals surface area (Å²) in [6, 6.07) is 7.33. The molecule has 70 valence electrons. The van der Waals surface area contributed by atoms with Crippen LogP contribution in [-0.2, 0) is 10.7 Å². The first-order valence-corrected chi connectivity index (χ1v) is 4.57. The topological polar surface area (TPSA) is 37.3 Å². The number of carboxylic acids is 1. The number of carbonyl (C=O) groups is 1. The smallest absolute Gasteiger partial charge is 0.310 e. The summed E-state index contributed by atoms with van der Waals surface area (Å²) < 4.78 is 0. The zero-order valence-corrected chi connectivity index (χ0v) is 8.08. The van der Waals surface area contributed by atoms with Crippen LogP contribution in [0.3, 0.4) is 0 Å². The third-order valence-corrected chi connectivity index (χ3v) is 2.32. The minimum Gasteiger partial charge on any atom is -0.481 e. The lowest BCUT2D eigenvalue weighted by atomic mass is 9.97. The van der Waals surface area contributed by atoms with Crippen LogP contribution >= 0.6 is 11.6 Å². The minimum absolute atomic E-state index is 0.355. The Kier molecular flexibility index (Phi) is 3.32. The van der Waals surface area contributed by atoms with E-state index < -0.39 is 11.9 Å². The molecule has 0 unspecified atom stereocenters. The summed E-state index contributed by atoms with van der Waals surface area (Å²) in [6.45, 7) is 1.66. The average Bonchev–Trinajstić information content (AvgIpc) is 2.16. The van der Waals surface area contributed by atoms with E-state index >= 15 is 0 Å². The first-order chi connectivity index (χ1) is 6.16. The molecule has 0 saturated carbocycles. The summed E-state index contributed by atoms with van der Waals surface area (Å²) >= 11 is 5.69. The molecule has 1 aromatic rings. The van der Waals surface area contributed by atoms with E-state index in [0.29, 0.717) is 5.88 Å². The molecule has 0 spiro atoms. The van der Waals surface area contributed by atoms with Gasteiger partial charge in [-0.05, 0) is 18.1 Å². The van der Waals surface area contributed by atoms with Crippen molar-refractivity contribution in [2.45, 2.75) is 18.7 Å². The Labute approximate surface area is 82.2 Å². The van der Waals surface area contributed by atoms with Crippen LogP contribution in [0.4, 0.5) is 0 Å². The van der Waals surface area contributed by atoms with Crippen molar-refractivity contribution in [3.63, 3.8) is 0 Å². The summed E-state index contributed by atoms with van der Waals surface area (Å²) in [5.41, 5.74) is 1.68. The Bertz CT molecular complexity index is 310. The minimum atomic E-state index is -0.822. The van der Waals surface area contributed by atoms with Crippen LogP contribution in [0.25, 0.3) is 0 Å². The van der Waals surface area contributed by atoms with Gasteiger partial charge in [0.15, 0.2) is 0 Å². The Morgan fingerprint density at radius 2 is 2.15 bits per heavy atom. The van der Waals surface area contributed by atoms with Crippen molar-refractivity contribution in [3.8, 4) is 0 Å². The molecular formula is C10H11ClO2. The number of hydrogen-bond donors (Lipinski definition) is 1. The van der Waals surface area contributed by atoms with Crippen LogP contribution < -0.4 is 0 Å². The monoisotopic (exact) mass is 198 g/mol. The molecule has 1 aromatic carbocycles. The van der Waals surface area contributed by atoms with Gasteiger partial charge in [0.2, 0.25) is 0 Å². The molecule has 1 N–H and O–H groups in total. The van der Waals surface area contributed by atoms with Crippen LogP contribution in [-0.4, -0.2) is 11.1 Å². The standard InChI is InChI=1S/C10H11ClO2/c1-7(10(12)13)9-5-3-2-4-8(9)6-11/h2-5,7H,6H2,1H3,(H,12,13)/t7-/m0/s1. The molecule has 0 fully saturated rings. The van der Waals surface area contributed by atoms with E-state index in [9.17, 15) is 4.79 Å². The highest BCUT2D eigenvalue weighted by molar-refractivity contribution is 6.17. The molecule has 0 amide bonds. The van der Waals surface area contributed by atoms with Crippen molar-refractivity contribution in [1.29, 1.82) is 0 Å².